The average Bonchev–Trinajstić information content (AvgIpc) is 2.66. The van der Waals surface area contributed by atoms with Gasteiger partial charge in [-0.25, -0.2) is 9.37 Å². The van der Waals surface area contributed by atoms with E-state index in [0.717, 1.165) is 0 Å². The number of hydrogen-bond donors (Lipinski definition) is 3. The molecule has 1 unspecified atom stereocenters. The van der Waals surface area contributed by atoms with Gasteiger partial charge in [0.05, 0.1) is 18.2 Å². The molecule has 0 saturated heterocycles. The molecule has 0 radical (unpaired) electrons. The standard InChI is InChI=1S/C19H16ClFN4O2/c20-13-3-1-2-11(8-13)16(10-26)25-19(27)14-5-4-12(9-15(14)21)17-18(22)24-7-6-23-17/h1-9,16,26H,10H2,(H2,22,24)(H,25,27). The fourth-order valence-corrected chi connectivity index (χ4v) is 2.81. The van der Waals surface area contributed by atoms with Gasteiger partial charge in [0.15, 0.2) is 0 Å². The number of aliphatic hydroxyl groups excluding tert-OH is 1. The Labute approximate surface area is 159 Å². The Morgan fingerprint density at radius 2 is 2.00 bits per heavy atom. The van der Waals surface area contributed by atoms with E-state index < -0.39 is 17.8 Å². The number of nitrogens with zero attached hydrogens (tertiary/aromatic N) is 2. The number of rotatable bonds is 5. The van der Waals surface area contributed by atoms with E-state index in [4.69, 9.17) is 17.3 Å². The van der Waals surface area contributed by atoms with Crippen LogP contribution in [-0.2, 0) is 0 Å². The summed E-state index contributed by atoms with van der Waals surface area (Å²) in [4.78, 5) is 20.4. The van der Waals surface area contributed by atoms with Crippen molar-refractivity contribution in [1.82, 2.24) is 15.3 Å². The van der Waals surface area contributed by atoms with Gasteiger partial charge in [-0.15, -0.1) is 0 Å². The quantitative estimate of drug-likeness (QED) is 0.625. The molecule has 0 aliphatic carbocycles. The van der Waals surface area contributed by atoms with E-state index in [1.54, 1.807) is 24.3 Å². The first-order valence-electron chi connectivity index (χ1n) is 8.03. The van der Waals surface area contributed by atoms with E-state index in [1.165, 1.54) is 30.6 Å². The number of aliphatic hydroxyl groups is 1. The second kappa shape index (κ2) is 8.11. The molecule has 27 heavy (non-hydrogen) atoms. The molecule has 0 spiro atoms. The van der Waals surface area contributed by atoms with Crippen molar-refractivity contribution in [2.75, 3.05) is 12.3 Å². The number of nitrogen functional groups attached to an aromatic ring is 1. The SMILES string of the molecule is Nc1nccnc1-c1ccc(C(=O)NC(CO)c2cccc(Cl)c2)c(F)c1. The Morgan fingerprint density at radius 1 is 1.22 bits per heavy atom. The number of carbonyl (C=O) groups is 1. The molecular weight excluding hydrogens is 371 g/mol. The van der Waals surface area contributed by atoms with Crippen LogP contribution >= 0.6 is 11.6 Å². The van der Waals surface area contributed by atoms with Crippen molar-refractivity contribution < 1.29 is 14.3 Å². The van der Waals surface area contributed by atoms with Crippen LogP contribution in [0.5, 0.6) is 0 Å². The van der Waals surface area contributed by atoms with Gasteiger partial charge in [-0.05, 0) is 29.8 Å². The van der Waals surface area contributed by atoms with Gasteiger partial charge in [-0.2, -0.15) is 0 Å². The Balaban J connectivity index is 1.83. The Bertz CT molecular complexity index is 983. The third kappa shape index (κ3) is 4.21. The first kappa shape index (κ1) is 18.8. The summed E-state index contributed by atoms with van der Waals surface area (Å²) in [7, 11) is 0. The summed E-state index contributed by atoms with van der Waals surface area (Å²) in [5.41, 5.74) is 6.93. The smallest absolute Gasteiger partial charge is 0.254 e. The summed E-state index contributed by atoms with van der Waals surface area (Å²) in [6, 6.07) is 10.0. The topological polar surface area (TPSA) is 101 Å². The lowest BCUT2D eigenvalue weighted by Crippen LogP contribution is -2.31. The van der Waals surface area contributed by atoms with Gasteiger partial charge in [0, 0.05) is 23.0 Å². The van der Waals surface area contributed by atoms with Crippen LogP contribution in [0.25, 0.3) is 11.3 Å². The second-order valence-corrected chi connectivity index (χ2v) is 6.18. The van der Waals surface area contributed by atoms with Crippen molar-refractivity contribution in [3.05, 3.63) is 76.8 Å². The van der Waals surface area contributed by atoms with E-state index in [9.17, 15) is 14.3 Å². The molecule has 0 aliphatic rings. The molecular formula is C19H16ClFN4O2. The summed E-state index contributed by atoms with van der Waals surface area (Å²) in [6.45, 7) is -0.359. The molecule has 6 nitrogen and oxygen atoms in total. The normalized spacial score (nSPS) is 11.8. The van der Waals surface area contributed by atoms with Crippen LogP contribution in [0, 0.1) is 5.82 Å². The Hall–Kier alpha value is -3.03. The molecule has 1 atom stereocenters. The van der Waals surface area contributed by atoms with E-state index in [0.29, 0.717) is 21.8 Å². The molecule has 8 heteroatoms. The lowest BCUT2D eigenvalue weighted by atomic mass is 10.0. The fraction of sp³-hybridized carbons (Fsp3) is 0.105. The highest BCUT2D eigenvalue weighted by molar-refractivity contribution is 6.30. The summed E-state index contributed by atoms with van der Waals surface area (Å²) < 4.78 is 14.5. The Kier molecular flexibility index (Phi) is 5.63. The first-order valence-corrected chi connectivity index (χ1v) is 8.41. The number of hydrogen-bond acceptors (Lipinski definition) is 5. The van der Waals surface area contributed by atoms with Crippen LogP contribution in [0.4, 0.5) is 10.2 Å². The molecule has 3 rings (SSSR count). The highest BCUT2D eigenvalue weighted by Gasteiger charge is 2.19. The molecule has 0 saturated carbocycles. The minimum Gasteiger partial charge on any atom is -0.394 e. The van der Waals surface area contributed by atoms with Gasteiger partial charge in [-0.3, -0.25) is 9.78 Å². The number of amides is 1. The zero-order chi connectivity index (χ0) is 19.4. The van der Waals surface area contributed by atoms with Gasteiger partial charge in [0.1, 0.15) is 17.3 Å². The van der Waals surface area contributed by atoms with Crippen LogP contribution in [0.2, 0.25) is 5.02 Å². The molecule has 1 amide bonds. The van der Waals surface area contributed by atoms with Gasteiger partial charge >= 0.3 is 0 Å². The van der Waals surface area contributed by atoms with Crippen LogP contribution in [0.3, 0.4) is 0 Å². The highest BCUT2D eigenvalue weighted by atomic mass is 35.5. The van der Waals surface area contributed by atoms with E-state index in [-0.39, 0.29) is 18.0 Å². The van der Waals surface area contributed by atoms with Crippen molar-refractivity contribution in [2.24, 2.45) is 0 Å². The number of carbonyl (C=O) groups excluding carboxylic acids is 1. The predicted molar refractivity (Wildman–Crippen MR) is 101 cm³/mol. The molecule has 0 aliphatic heterocycles. The van der Waals surface area contributed by atoms with E-state index in [2.05, 4.69) is 15.3 Å². The largest absolute Gasteiger partial charge is 0.394 e. The molecule has 138 valence electrons. The zero-order valence-electron chi connectivity index (χ0n) is 14.1. The summed E-state index contributed by atoms with van der Waals surface area (Å²) >= 11 is 5.94. The van der Waals surface area contributed by atoms with Crippen LogP contribution < -0.4 is 11.1 Å². The van der Waals surface area contributed by atoms with Crippen molar-refractivity contribution in [2.45, 2.75) is 6.04 Å². The number of nitrogens with two attached hydrogens (primary N) is 1. The summed E-state index contributed by atoms with van der Waals surface area (Å²) in [5, 5.41) is 12.6. The van der Waals surface area contributed by atoms with Crippen molar-refractivity contribution in [3.63, 3.8) is 0 Å². The van der Waals surface area contributed by atoms with Crippen molar-refractivity contribution in [3.8, 4) is 11.3 Å². The third-order valence-electron chi connectivity index (χ3n) is 3.95. The third-order valence-corrected chi connectivity index (χ3v) is 4.19. The highest BCUT2D eigenvalue weighted by Crippen LogP contribution is 2.24. The maximum Gasteiger partial charge on any atom is 0.254 e. The molecule has 1 aromatic heterocycles. The molecule has 1 heterocycles. The minimum absolute atomic E-state index is 0.162. The molecule has 2 aromatic carbocycles. The number of aromatic nitrogens is 2. The average molecular weight is 387 g/mol. The predicted octanol–water partition coefficient (Wildman–Crippen LogP) is 2.98. The van der Waals surface area contributed by atoms with Crippen molar-refractivity contribution >= 4 is 23.3 Å². The lowest BCUT2D eigenvalue weighted by molar-refractivity contribution is 0.0912. The number of benzene rings is 2. The monoisotopic (exact) mass is 386 g/mol. The fourth-order valence-electron chi connectivity index (χ4n) is 2.61. The van der Waals surface area contributed by atoms with Gasteiger partial charge in [-0.1, -0.05) is 29.8 Å². The molecule has 4 N–H and O–H groups in total. The lowest BCUT2D eigenvalue weighted by Gasteiger charge is -2.17. The molecule has 0 bridgehead atoms. The van der Waals surface area contributed by atoms with Gasteiger partial charge in [0.2, 0.25) is 0 Å². The van der Waals surface area contributed by atoms with Gasteiger partial charge in [0.25, 0.3) is 5.91 Å². The maximum absolute atomic E-state index is 14.5. The maximum atomic E-state index is 14.5. The zero-order valence-corrected chi connectivity index (χ0v) is 14.8. The first-order chi connectivity index (χ1) is 13.0. The van der Waals surface area contributed by atoms with Crippen molar-refractivity contribution in [1.29, 1.82) is 0 Å². The second-order valence-electron chi connectivity index (χ2n) is 5.75. The van der Waals surface area contributed by atoms with E-state index >= 15 is 0 Å². The van der Waals surface area contributed by atoms with Crippen LogP contribution in [-0.4, -0.2) is 27.6 Å². The van der Waals surface area contributed by atoms with E-state index in [1.807, 2.05) is 0 Å². The Morgan fingerprint density at radius 3 is 2.67 bits per heavy atom. The van der Waals surface area contributed by atoms with Crippen LogP contribution in [0.15, 0.2) is 54.9 Å². The number of halogens is 2. The minimum atomic E-state index is -0.738. The van der Waals surface area contributed by atoms with Crippen LogP contribution in [0.1, 0.15) is 22.0 Å². The van der Waals surface area contributed by atoms with Gasteiger partial charge < -0.3 is 16.2 Å². The summed E-state index contributed by atoms with van der Waals surface area (Å²) in [6.07, 6.45) is 2.88. The molecule has 0 fully saturated rings. The number of anilines is 1. The number of nitrogens with one attached hydrogen (secondary N) is 1. The molecule has 3 aromatic rings. The summed E-state index contributed by atoms with van der Waals surface area (Å²) in [5.74, 6) is -1.24.